The summed E-state index contributed by atoms with van der Waals surface area (Å²) in [5.41, 5.74) is 1.44. The van der Waals surface area contributed by atoms with E-state index >= 15 is 0 Å². The van der Waals surface area contributed by atoms with Crippen LogP contribution in [0.2, 0.25) is 0 Å². The van der Waals surface area contributed by atoms with Crippen molar-refractivity contribution in [2.24, 2.45) is 5.92 Å². The zero-order valence-corrected chi connectivity index (χ0v) is 12.6. The molecule has 1 fully saturated rings. The second kappa shape index (κ2) is 6.42. The first-order chi connectivity index (χ1) is 9.06. The van der Waals surface area contributed by atoms with E-state index in [1.807, 2.05) is 0 Å². The summed E-state index contributed by atoms with van der Waals surface area (Å²) in [5.74, 6) is 2.51. The van der Waals surface area contributed by atoms with Gasteiger partial charge in [0.15, 0.2) is 0 Å². The maximum Gasteiger partial charge on any atom is 0.119 e. The lowest BCUT2D eigenvalue weighted by molar-refractivity contribution is 0.232. The Kier molecular flexibility index (Phi) is 4.87. The molecule has 0 spiro atoms. The molecule has 106 valence electrons. The minimum Gasteiger partial charge on any atom is -0.491 e. The van der Waals surface area contributed by atoms with E-state index in [1.165, 1.54) is 18.4 Å². The van der Waals surface area contributed by atoms with Gasteiger partial charge in [-0.25, -0.2) is 0 Å². The largest absolute Gasteiger partial charge is 0.491 e. The van der Waals surface area contributed by atoms with Crippen LogP contribution >= 0.6 is 0 Å². The summed E-state index contributed by atoms with van der Waals surface area (Å²) in [6.07, 6.45) is 2.91. The molecule has 0 aliphatic heterocycles. The highest BCUT2D eigenvalue weighted by atomic mass is 16.5. The Hall–Kier alpha value is -1.02. The van der Waals surface area contributed by atoms with Gasteiger partial charge in [-0.3, -0.25) is 0 Å². The van der Waals surface area contributed by atoms with E-state index in [1.54, 1.807) is 0 Å². The molecule has 1 aromatic carbocycles. The van der Waals surface area contributed by atoms with Gasteiger partial charge in [0.2, 0.25) is 0 Å². The fourth-order valence-corrected chi connectivity index (χ4v) is 2.73. The van der Waals surface area contributed by atoms with E-state index in [9.17, 15) is 0 Å². The Morgan fingerprint density at radius 2 is 2.00 bits per heavy atom. The Morgan fingerprint density at radius 3 is 2.58 bits per heavy atom. The standard InChI is InChI=1S/C17H27NO/c1-12(2)18-11-15-8-9-17(15)14-6-5-7-16(10-14)19-13(3)4/h5-7,10,12-13,15,17-18H,8-9,11H2,1-4H3. The average molecular weight is 261 g/mol. The van der Waals surface area contributed by atoms with E-state index in [2.05, 4.69) is 57.3 Å². The SMILES string of the molecule is CC(C)NCC1CCC1c1cccc(OC(C)C)c1. The van der Waals surface area contributed by atoms with Crippen LogP contribution < -0.4 is 10.1 Å². The third-order valence-electron chi connectivity index (χ3n) is 3.86. The normalized spacial score (nSPS) is 22.6. The van der Waals surface area contributed by atoms with Crippen LogP contribution in [-0.4, -0.2) is 18.7 Å². The lowest BCUT2D eigenvalue weighted by atomic mass is 9.70. The van der Waals surface area contributed by atoms with Crippen molar-refractivity contribution in [1.82, 2.24) is 5.32 Å². The maximum atomic E-state index is 5.79. The molecule has 2 rings (SSSR count). The summed E-state index contributed by atoms with van der Waals surface area (Å²) in [7, 11) is 0. The summed E-state index contributed by atoms with van der Waals surface area (Å²) >= 11 is 0. The number of rotatable bonds is 6. The van der Waals surface area contributed by atoms with Crippen LogP contribution in [0.4, 0.5) is 0 Å². The lowest BCUT2D eigenvalue weighted by Gasteiger charge is -2.38. The molecule has 1 aromatic rings. The van der Waals surface area contributed by atoms with Crippen LogP contribution in [0.15, 0.2) is 24.3 Å². The van der Waals surface area contributed by atoms with Crippen molar-refractivity contribution < 1.29 is 4.74 Å². The van der Waals surface area contributed by atoms with Gasteiger partial charge in [0.25, 0.3) is 0 Å². The predicted molar refractivity (Wildman–Crippen MR) is 80.8 cm³/mol. The minimum absolute atomic E-state index is 0.245. The molecule has 0 heterocycles. The highest BCUT2D eigenvalue weighted by Crippen LogP contribution is 2.42. The molecule has 0 saturated heterocycles. The second-order valence-electron chi connectivity index (χ2n) is 6.25. The molecule has 19 heavy (non-hydrogen) atoms. The van der Waals surface area contributed by atoms with E-state index in [4.69, 9.17) is 4.74 Å². The Balaban J connectivity index is 1.97. The molecular weight excluding hydrogens is 234 g/mol. The summed E-state index contributed by atoms with van der Waals surface area (Å²) in [6.45, 7) is 9.71. The number of nitrogens with one attached hydrogen (secondary N) is 1. The topological polar surface area (TPSA) is 21.3 Å². The zero-order valence-electron chi connectivity index (χ0n) is 12.6. The van der Waals surface area contributed by atoms with Gasteiger partial charge in [0.05, 0.1) is 6.10 Å². The average Bonchev–Trinajstić information content (AvgIpc) is 2.26. The Bertz CT molecular complexity index is 400. The first kappa shape index (κ1) is 14.4. The van der Waals surface area contributed by atoms with Gasteiger partial charge >= 0.3 is 0 Å². The van der Waals surface area contributed by atoms with Crippen LogP contribution in [0.5, 0.6) is 5.75 Å². The summed E-state index contributed by atoms with van der Waals surface area (Å²) in [5, 5.41) is 3.56. The first-order valence-electron chi connectivity index (χ1n) is 7.56. The zero-order chi connectivity index (χ0) is 13.8. The Morgan fingerprint density at radius 1 is 1.21 bits per heavy atom. The van der Waals surface area contributed by atoms with Gasteiger partial charge in [-0.1, -0.05) is 26.0 Å². The molecule has 0 aromatic heterocycles. The van der Waals surface area contributed by atoms with Crippen molar-refractivity contribution in [1.29, 1.82) is 0 Å². The molecule has 0 radical (unpaired) electrons. The van der Waals surface area contributed by atoms with Gasteiger partial charge in [0.1, 0.15) is 5.75 Å². The third kappa shape index (κ3) is 3.97. The second-order valence-corrected chi connectivity index (χ2v) is 6.25. The van der Waals surface area contributed by atoms with Crippen LogP contribution in [-0.2, 0) is 0 Å². The molecule has 1 aliphatic rings. The molecule has 1 aliphatic carbocycles. The van der Waals surface area contributed by atoms with E-state index in [0.29, 0.717) is 12.0 Å². The molecule has 2 heteroatoms. The Labute approximate surface area is 117 Å². The predicted octanol–water partition coefficient (Wildman–Crippen LogP) is 3.97. The van der Waals surface area contributed by atoms with Gasteiger partial charge in [-0.2, -0.15) is 0 Å². The van der Waals surface area contributed by atoms with Crippen molar-refractivity contribution in [2.45, 2.75) is 58.6 Å². The quantitative estimate of drug-likeness (QED) is 0.836. The number of hydrogen-bond donors (Lipinski definition) is 1. The highest BCUT2D eigenvalue weighted by Gasteiger charge is 2.31. The molecular formula is C17H27NO. The lowest BCUT2D eigenvalue weighted by Crippen LogP contribution is -2.36. The summed E-state index contributed by atoms with van der Waals surface area (Å²) in [4.78, 5) is 0. The van der Waals surface area contributed by atoms with Gasteiger partial charge in [0, 0.05) is 6.04 Å². The van der Waals surface area contributed by atoms with Gasteiger partial charge in [-0.05, 0) is 62.8 Å². The molecule has 0 bridgehead atoms. The van der Waals surface area contributed by atoms with Gasteiger partial charge in [-0.15, -0.1) is 0 Å². The molecule has 0 amide bonds. The molecule has 1 N–H and O–H groups in total. The fraction of sp³-hybridized carbons (Fsp3) is 0.647. The van der Waals surface area contributed by atoms with Crippen LogP contribution in [0, 0.1) is 5.92 Å². The van der Waals surface area contributed by atoms with E-state index < -0.39 is 0 Å². The monoisotopic (exact) mass is 261 g/mol. The van der Waals surface area contributed by atoms with Gasteiger partial charge < -0.3 is 10.1 Å². The smallest absolute Gasteiger partial charge is 0.119 e. The molecule has 2 unspecified atom stereocenters. The minimum atomic E-state index is 0.245. The van der Waals surface area contributed by atoms with Crippen molar-refractivity contribution in [3.63, 3.8) is 0 Å². The fourth-order valence-electron chi connectivity index (χ4n) is 2.73. The van der Waals surface area contributed by atoms with E-state index in [0.717, 1.165) is 18.2 Å². The van der Waals surface area contributed by atoms with Crippen molar-refractivity contribution in [3.05, 3.63) is 29.8 Å². The maximum absolute atomic E-state index is 5.79. The summed E-state index contributed by atoms with van der Waals surface area (Å²) < 4.78 is 5.79. The molecule has 2 nitrogen and oxygen atoms in total. The molecule has 1 saturated carbocycles. The molecule has 2 atom stereocenters. The summed E-state index contributed by atoms with van der Waals surface area (Å²) in [6, 6.07) is 9.24. The van der Waals surface area contributed by atoms with Crippen LogP contribution in [0.1, 0.15) is 52.0 Å². The van der Waals surface area contributed by atoms with Crippen molar-refractivity contribution in [2.75, 3.05) is 6.54 Å². The van der Waals surface area contributed by atoms with Crippen LogP contribution in [0.25, 0.3) is 0 Å². The number of hydrogen-bond acceptors (Lipinski definition) is 2. The van der Waals surface area contributed by atoms with Crippen molar-refractivity contribution in [3.8, 4) is 5.75 Å². The first-order valence-corrected chi connectivity index (χ1v) is 7.56. The van der Waals surface area contributed by atoms with E-state index in [-0.39, 0.29) is 6.10 Å². The highest BCUT2D eigenvalue weighted by molar-refractivity contribution is 5.32. The number of ether oxygens (including phenoxy) is 1. The third-order valence-corrected chi connectivity index (χ3v) is 3.86. The van der Waals surface area contributed by atoms with Crippen molar-refractivity contribution >= 4 is 0 Å². The number of benzene rings is 1. The van der Waals surface area contributed by atoms with Crippen LogP contribution in [0.3, 0.4) is 0 Å².